The molecule has 1 atom stereocenters. The van der Waals surface area contributed by atoms with E-state index in [9.17, 15) is 0 Å². The maximum atomic E-state index is 5.79. The van der Waals surface area contributed by atoms with Crippen LogP contribution in [0.5, 0.6) is 0 Å². The molecule has 0 radical (unpaired) electrons. The van der Waals surface area contributed by atoms with Crippen LogP contribution in [0.3, 0.4) is 0 Å². The molecule has 0 aliphatic carbocycles. The van der Waals surface area contributed by atoms with Crippen LogP contribution in [-0.2, 0) is 4.74 Å². The zero-order chi connectivity index (χ0) is 20.2. The summed E-state index contributed by atoms with van der Waals surface area (Å²) in [5.41, 5.74) is 3.30. The van der Waals surface area contributed by atoms with Gasteiger partial charge in [0.05, 0.1) is 6.10 Å². The highest BCUT2D eigenvalue weighted by atomic mass is 16.5. The summed E-state index contributed by atoms with van der Waals surface area (Å²) in [6, 6.07) is 8.37. The van der Waals surface area contributed by atoms with Crippen molar-refractivity contribution in [3.63, 3.8) is 0 Å². The Balaban J connectivity index is 1.46. The van der Waals surface area contributed by atoms with E-state index in [1.54, 1.807) is 0 Å². The first-order valence-corrected chi connectivity index (χ1v) is 10.6. The molecule has 0 amide bonds. The number of anilines is 4. The molecule has 29 heavy (non-hydrogen) atoms. The number of aromatic nitrogens is 2. The molecule has 1 unspecified atom stereocenters. The fourth-order valence-corrected chi connectivity index (χ4v) is 3.99. The van der Waals surface area contributed by atoms with Crippen LogP contribution in [0, 0.1) is 13.8 Å². The molecule has 2 aliphatic heterocycles. The summed E-state index contributed by atoms with van der Waals surface area (Å²) in [5.74, 6) is 2.50. The monoisotopic (exact) mass is 396 g/mol. The number of rotatable bonds is 6. The summed E-state index contributed by atoms with van der Waals surface area (Å²) in [5, 5.41) is 6.69. The molecule has 0 spiro atoms. The van der Waals surface area contributed by atoms with Crippen LogP contribution in [0.2, 0.25) is 0 Å². The van der Waals surface area contributed by atoms with Crippen LogP contribution in [0.25, 0.3) is 0 Å². The van der Waals surface area contributed by atoms with Gasteiger partial charge in [0, 0.05) is 57.6 Å². The topological polar surface area (TPSA) is 65.6 Å². The van der Waals surface area contributed by atoms with Crippen LogP contribution in [0.1, 0.15) is 24.0 Å². The first-order chi connectivity index (χ1) is 14.1. The van der Waals surface area contributed by atoms with Crippen molar-refractivity contribution in [2.45, 2.75) is 32.8 Å². The summed E-state index contributed by atoms with van der Waals surface area (Å²) in [7, 11) is 1.91. The molecule has 0 bridgehead atoms. The molecule has 4 rings (SSSR count). The first kappa shape index (κ1) is 19.9. The molecule has 1 aromatic heterocycles. The van der Waals surface area contributed by atoms with Crippen molar-refractivity contribution in [3.8, 4) is 0 Å². The van der Waals surface area contributed by atoms with E-state index in [1.165, 1.54) is 18.4 Å². The predicted molar refractivity (Wildman–Crippen MR) is 118 cm³/mol. The van der Waals surface area contributed by atoms with Gasteiger partial charge in [-0.1, -0.05) is 17.7 Å². The van der Waals surface area contributed by atoms with E-state index in [-0.39, 0.29) is 0 Å². The van der Waals surface area contributed by atoms with Crippen LogP contribution in [0.4, 0.5) is 23.3 Å². The molecular weight excluding hydrogens is 364 g/mol. The standard InChI is InChI=1S/C22H32N6O/c1-16-6-8-18(9-7-16)24-21-17(2)20(23-3)25-22(26-21)28-12-10-27(11-13-28)15-19-5-4-14-29-19/h6-9,19H,4-5,10-15H2,1-3H3,(H2,23,24,25,26). The molecule has 3 heterocycles. The Morgan fingerprint density at radius 3 is 2.41 bits per heavy atom. The molecule has 2 aromatic rings. The lowest BCUT2D eigenvalue weighted by Crippen LogP contribution is -2.49. The van der Waals surface area contributed by atoms with Crippen molar-refractivity contribution in [1.82, 2.24) is 14.9 Å². The maximum absolute atomic E-state index is 5.79. The van der Waals surface area contributed by atoms with Gasteiger partial charge in [0.25, 0.3) is 0 Å². The summed E-state index contributed by atoms with van der Waals surface area (Å²) >= 11 is 0. The smallest absolute Gasteiger partial charge is 0.229 e. The first-order valence-electron chi connectivity index (χ1n) is 10.6. The lowest BCUT2D eigenvalue weighted by atomic mass is 10.2. The van der Waals surface area contributed by atoms with Crippen LogP contribution < -0.4 is 15.5 Å². The van der Waals surface area contributed by atoms with Gasteiger partial charge in [-0.15, -0.1) is 0 Å². The lowest BCUT2D eigenvalue weighted by molar-refractivity contribution is 0.0712. The van der Waals surface area contributed by atoms with Crippen LogP contribution in [0.15, 0.2) is 24.3 Å². The van der Waals surface area contributed by atoms with E-state index in [4.69, 9.17) is 14.7 Å². The van der Waals surface area contributed by atoms with Crippen molar-refractivity contribution in [2.75, 3.05) is 61.9 Å². The second-order valence-corrected chi connectivity index (χ2v) is 8.01. The Morgan fingerprint density at radius 2 is 1.76 bits per heavy atom. The minimum atomic E-state index is 0.415. The average molecular weight is 397 g/mol. The fraction of sp³-hybridized carbons (Fsp3) is 0.545. The summed E-state index contributed by atoms with van der Waals surface area (Å²) in [6.07, 6.45) is 2.81. The van der Waals surface area contributed by atoms with E-state index in [0.29, 0.717) is 6.10 Å². The van der Waals surface area contributed by atoms with Gasteiger partial charge in [0.15, 0.2) is 0 Å². The van der Waals surface area contributed by atoms with Gasteiger partial charge >= 0.3 is 0 Å². The molecule has 2 saturated heterocycles. The highest BCUT2D eigenvalue weighted by molar-refractivity contribution is 5.66. The second kappa shape index (κ2) is 8.97. The van der Waals surface area contributed by atoms with Crippen molar-refractivity contribution in [2.24, 2.45) is 0 Å². The predicted octanol–water partition coefficient (Wildman–Crippen LogP) is 3.18. The number of benzene rings is 1. The van der Waals surface area contributed by atoms with Gasteiger partial charge in [0.2, 0.25) is 5.95 Å². The van der Waals surface area contributed by atoms with Gasteiger partial charge in [-0.2, -0.15) is 9.97 Å². The van der Waals surface area contributed by atoms with Crippen LogP contribution >= 0.6 is 0 Å². The molecule has 7 heteroatoms. The number of piperazine rings is 1. The SMILES string of the molecule is CNc1nc(N2CCN(CC3CCCO3)CC2)nc(Nc2ccc(C)cc2)c1C. The largest absolute Gasteiger partial charge is 0.377 e. The Labute approximate surface area is 173 Å². The molecule has 1 aromatic carbocycles. The molecule has 0 saturated carbocycles. The Morgan fingerprint density at radius 1 is 1.03 bits per heavy atom. The number of hydrogen-bond acceptors (Lipinski definition) is 7. The van der Waals surface area contributed by atoms with E-state index >= 15 is 0 Å². The molecule has 7 nitrogen and oxygen atoms in total. The van der Waals surface area contributed by atoms with Gasteiger partial charge in [-0.3, -0.25) is 4.90 Å². The zero-order valence-electron chi connectivity index (χ0n) is 17.7. The van der Waals surface area contributed by atoms with E-state index in [0.717, 1.165) is 68.2 Å². The Hall–Kier alpha value is -2.38. The molecular formula is C22H32N6O. The average Bonchev–Trinajstić information content (AvgIpc) is 3.25. The van der Waals surface area contributed by atoms with Crippen molar-refractivity contribution >= 4 is 23.3 Å². The van der Waals surface area contributed by atoms with Crippen molar-refractivity contribution in [1.29, 1.82) is 0 Å². The lowest BCUT2D eigenvalue weighted by Gasteiger charge is -2.36. The summed E-state index contributed by atoms with van der Waals surface area (Å²) in [4.78, 5) is 14.4. The van der Waals surface area contributed by atoms with Crippen molar-refractivity contribution in [3.05, 3.63) is 35.4 Å². The third-order valence-corrected chi connectivity index (χ3v) is 5.83. The van der Waals surface area contributed by atoms with Gasteiger partial charge in [-0.05, 0) is 38.8 Å². The number of hydrogen-bond donors (Lipinski definition) is 2. The number of ether oxygens (including phenoxy) is 1. The Bertz CT molecular complexity index is 811. The van der Waals surface area contributed by atoms with Gasteiger partial charge in [-0.25, -0.2) is 0 Å². The molecule has 2 fully saturated rings. The quantitative estimate of drug-likeness (QED) is 0.777. The van der Waals surface area contributed by atoms with E-state index < -0.39 is 0 Å². The number of nitrogens with zero attached hydrogens (tertiary/aromatic N) is 4. The number of nitrogens with one attached hydrogen (secondary N) is 2. The third kappa shape index (κ3) is 4.79. The van der Waals surface area contributed by atoms with E-state index in [2.05, 4.69) is 51.6 Å². The van der Waals surface area contributed by atoms with Gasteiger partial charge < -0.3 is 20.3 Å². The van der Waals surface area contributed by atoms with E-state index in [1.807, 2.05) is 14.0 Å². The van der Waals surface area contributed by atoms with Crippen LogP contribution in [-0.4, -0.2) is 67.4 Å². The third-order valence-electron chi connectivity index (χ3n) is 5.83. The Kier molecular flexibility index (Phi) is 6.16. The summed E-state index contributed by atoms with van der Waals surface area (Å²) < 4.78 is 5.79. The molecule has 2 aliphatic rings. The highest BCUT2D eigenvalue weighted by Gasteiger charge is 2.24. The fourth-order valence-electron chi connectivity index (χ4n) is 3.99. The maximum Gasteiger partial charge on any atom is 0.229 e. The minimum Gasteiger partial charge on any atom is -0.377 e. The highest BCUT2D eigenvalue weighted by Crippen LogP contribution is 2.27. The molecule has 2 N–H and O–H groups in total. The minimum absolute atomic E-state index is 0.415. The summed E-state index contributed by atoms with van der Waals surface area (Å²) in [6.45, 7) is 10.0. The zero-order valence-corrected chi connectivity index (χ0v) is 17.7. The molecule has 156 valence electrons. The second-order valence-electron chi connectivity index (χ2n) is 8.01. The normalized spacial score (nSPS) is 20.1. The van der Waals surface area contributed by atoms with Crippen molar-refractivity contribution < 1.29 is 4.74 Å². The van der Waals surface area contributed by atoms with Gasteiger partial charge in [0.1, 0.15) is 11.6 Å². The number of aryl methyl sites for hydroxylation is 1.